The Balaban J connectivity index is 1.79. The van der Waals surface area contributed by atoms with E-state index in [0.717, 1.165) is 16.7 Å². The molecule has 1 heterocycles. The summed E-state index contributed by atoms with van der Waals surface area (Å²) in [6, 6.07) is 18.7. The molecule has 1 unspecified atom stereocenters. The number of Topliss-reactive ketones (excluding diaryl/α,β-unsaturated/α-hetero) is 1. The molecule has 1 fully saturated rings. The van der Waals surface area contributed by atoms with E-state index >= 15 is 0 Å². The monoisotopic (exact) mass is 527 g/mol. The van der Waals surface area contributed by atoms with Crippen LogP contribution in [0.4, 0.5) is 5.69 Å². The predicted octanol–water partition coefficient (Wildman–Crippen LogP) is 5.82. The van der Waals surface area contributed by atoms with Crippen LogP contribution in [0.5, 0.6) is 5.75 Å². The number of anilines is 1. The Labute approximate surface area is 228 Å². The first kappa shape index (κ1) is 27.6. The molecule has 0 aliphatic carbocycles. The second kappa shape index (κ2) is 11.6. The molecular formula is C32H33NO6. The molecule has 1 aliphatic rings. The van der Waals surface area contributed by atoms with Gasteiger partial charge in [-0.3, -0.25) is 19.3 Å². The molecule has 1 aliphatic heterocycles. The van der Waals surface area contributed by atoms with Gasteiger partial charge in [0.15, 0.2) is 0 Å². The molecule has 1 N–H and O–H groups in total. The number of carbonyl (C=O) groups is 3. The van der Waals surface area contributed by atoms with Gasteiger partial charge in [-0.2, -0.15) is 0 Å². The lowest BCUT2D eigenvalue weighted by Gasteiger charge is -2.26. The van der Waals surface area contributed by atoms with E-state index < -0.39 is 17.7 Å². The molecule has 3 aromatic rings. The first-order valence-corrected chi connectivity index (χ1v) is 13.0. The van der Waals surface area contributed by atoms with Crippen LogP contribution in [0.3, 0.4) is 0 Å². The summed E-state index contributed by atoms with van der Waals surface area (Å²) in [5.74, 6) is -1.42. The topological polar surface area (TPSA) is 93.1 Å². The third-order valence-electron chi connectivity index (χ3n) is 6.48. The SMILES string of the molecule is CCOc1ccc(/C(O)=C2/C(=O)C(=O)N(c3ccc(CC(=O)OC(C)C)cc3)C2c2cccc(C)c2)cc1C. The van der Waals surface area contributed by atoms with E-state index in [1.165, 1.54) is 4.90 Å². The van der Waals surface area contributed by atoms with Crippen molar-refractivity contribution in [2.45, 2.75) is 53.2 Å². The highest BCUT2D eigenvalue weighted by Gasteiger charge is 2.47. The van der Waals surface area contributed by atoms with Gasteiger partial charge >= 0.3 is 5.97 Å². The van der Waals surface area contributed by atoms with Crippen LogP contribution in [-0.4, -0.2) is 35.5 Å². The van der Waals surface area contributed by atoms with Crippen LogP contribution in [0.15, 0.2) is 72.3 Å². The zero-order valence-corrected chi connectivity index (χ0v) is 22.9. The maximum absolute atomic E-state index is 13.4. The fourth-order valence-corrected chi connectivity index (χ4v) is 4.77. The number of aliphatic hydroxyl groups excluding tert-OH is 1. The second-order valence-corrected chi connectivity index (χ2v) is 9.88. The molecule has 0 bridgehead atoms. The van der Waals surface area contributed by atoms with Crippen LogP contribution in [0.25, 0.3) is 5.76 Å². The zero-order valence-electron chi connectivity index (χ0n) is 22.9. The van der Waals surface area contributed by atoms with Gasteiger partial charge in [0.2, 0.25) is 0 Å². The van der Waals surface area contributed by atoms with Crippen molar-refractivity contribution in [1.29, 1.82) is 0 Å². The summed E-state index contributed by atoms with van der Waals surface area (Å²) >= 11 is 0. The number of nitrogens with zero attached hydrogens (tertiary/aromatic N) is 1. The number of rotatable bonds is 8. The molecule has 1 amide bonds. The van der Waals surface area contributed by atoms with Crippen LogP contribution in [0.1, 0.15) is 54.6 Å². The highest BCUT2D eigenvalue weighted by Crippen LogP contribution is 2.42. The minimum atomic E-state index is -0.839. The first-order valence-electron chi connectivity index (χ1n) is 13.0. The average Bonchev–Trinajstić information content (AvgIpc) is 3.15. The van der Waals surface area contributed by atoms with Crippen molar-refractivity contribution in [1.82, 2.24) is 0 Å². The van der Waals surface area contributed by atoms with E-state index in [0.29, 0.717) is 29.2 Å². The molecular weight excluding hydrogens is 494 g/mol. The van der Waals surface area contributed by atoms with Gasteiger partial charge in [-0.1, -0.05) is 42.0 Å². The molecule has 202 valence electrons. The van der Waals surface area contributed by atoms with Gasteiger partial charge in [0.05, 0.1) is 30.7 Å². The van der Waals surface area contributed by atoms with E-state index in [1.807, 2.05) is 45.0 Å². The van der Waals surface area contributed by atoms with Crippen molar-refractivity contribution in [2.75, 3.05) is 11.5 Å². The van der Waals surface area contributed by atoms with Crippen LogP contribution in [-0.2, 0) is 25.5 Å². The normalized spacial score (nSPS) is 16.6. The third kappa shape index (κ3) is 5.87. The number of aryl methyl sites for hydroxylation is 2. The van der Waals surface area contributed by atoms with Crippen LogP contribution >= 0.6 is 0 Å². The van der Waals surface area contributed by atoms with Gasteiger partial charge in [-0.05, 0) is 81.6 Å². The maximum Gasteiger partial charge on any atom is 0.310 e. The number of ketones is 1. The Morgan fingerprint density at radius 1 is 1.00 bits per heavy atom. The van der Waals surface area contributed by atoms with Crippen molar-refractivity contribution >= 4 is 29.1 Å². The van der Waals surface area contributed by atoms with Crippen LogP contribution in [0, 0.1) is 13.8 Å². The van der Waals surface area contributed by atoms with Crippen molar-refractivity contribution in [2.24, 2.45) is 0 Å². The fourth-order valence-electron chi connectivity index (χ4n) is 4.77. The lowest BCUT2D eigenvalue weighted by molar-refractivity contribution is -0.146. The van der Waals surface area contributed by atoms with Crippen molar-refractivity contribution in [3.63, 3.8) is 0 Å². The number of esters is 1. The zero-order chi connectivity index (χ0) is 28.3. The minimum absolute atomic E-state index is 0.0127. The van der Waals surface area contributed by atoms with Gasteiger partial charge < -0.3 is 14.6 Å². The van der Waals surface area contributed by atoms with Gasteiger partial charge in [0.25, 0.3) is 11.7 Å². The lowest BCUT2D eigenvalue weighted by Crippen LogP contribution is -2.29. The molecule has 1 atom stereocenters. The number of aliphatic hydroxyl groups is 1. The summed E-state index contributed by atoms with van der Waals surface area (Å²) in [7, 11) is 0. The molecule has 1 saturated heterocycles. The number of hydrogen-bond acceptors (Lipinski definition) is 6. The smallest absolute Gasteiger partial charge is 0.310 e. The standard InChI is InChI=1S/C32H33NO6/c1-6-38-26-15-12-24(17-21(26)5)30(35)28-29(23-9-7-8-20(4)16-23)33(32(37)31(28)36)25-13-10-22(11-14-25)18-27(34)39-19(2)3/h7-17,19,29,35H,6,18H2,1-5H3/b30-28-. The molecule has 0 spiro atoms. The molecule has 0 saturated carbocycles. The Kier molecular flexibility index (Phi) is 8.19. The van der Waals surface area contributed by atoms with Gasteiger partial charge in [0.1, 0.15) is 11.5 Å². The average molecular weight is 528 g/mol. The van der Waals surface area contributed by atoms with E-state index in [9.17, 15) is 19.5 Å². The Hall–Kier alpha value is -4.39. The maximum atomic E-state index is 13.4. The van der Waals surface area contributed by atoms with Crippen LogP contribution in [0.2, 0.25) is 0 Å². The number of amides is 1. The quantitative estimate of drug-likeness (QED) is 0.172. The fraction of sp³-hybridized carbons (Fsp3) is 0.281. The first-order chi connectivity index (χ1) is 18.6. The molecule has 3 aromatic carbocycles. The minimum Gasteiger partial charge on any atom is -0.507 e. The number of benzene rings is 3. The summed E-state index contributed by atoms with van der Waals surface area (Å²) in [6.07, 6.45) is -0.118. The molecule has 0 aromatic heterocycles. The van der Waals surface area contributed by atoms with Gasteiger partial charge in [-0.25, -0.2) is 0 Å². The number of carbonyl (C=O) groups excluding carboxylic acids is 3. The lowest BCUT2D eigenvalue weighted by atomic mass is 9.93. The largest absolute Gasteiger partial charge is 0.507 e. The summed E-state index contributed by atoms with van der Waals surface area (Å²) in [5, 5.41) is 11.4. The van der Waals surface area contributed by atoms with Crippen LogP contribution < -0.4 is 9.64 Å². The summed E-state index contributed by atoms with van der Waals surface area (Å²) in [4.78, 5) is 40.4. The van der Waals surface area contributed by atoms with Crippen molar-refractivity contribution in [3.05, 3.63) is 100 Å². The Bertz CT molecular complexity index is 1440. The van der Waals surface area contributed by atoms with E-state index in [-0.39, 0.29) is 29.8 Å². The van der Waals surface area contributed by atoms with Crippen molar-refractivity contribution < 1.29 is 29.0 Å². The highest BCUT2D eigenvalue weighted by molar-refractivity contribution is 6.51. The van der Waals surface area contributed by atoms with E-state index in [4.69, 9.17) is 9.47 Å². The van der Waals surface area contributed by atoms with E-state index in [2.05, 4.69) is 0 Å². The molecule has 7 nitrogen and oxygen atoms in total. The molecule has 4 rings (SSSR count). The van der Waals surface area contributed by atoms with Gasteiger partial charge in [0, 0.05) is 11.3 Å². The Morgan fingerprint density at radius 2 is 1.72 bits per heavy atom. The number of hydrogen-bond donors (Lipinski definition) is 1. The third-order valence-corrected chi connectivity index (χ3v) is 6.48. The molecule has 0 radical (unpaired) electrons. The predicted molar refractivity (Wildman–Crippen MR) is 150 cm³/mol. The van der Waals surface area contributed by atoms with Gasteiger partial charge in [-0.15, -0.1) is 0 Å². The summed E-state index contributed by atoms with van der Waals surface area (Å²) < 4.78 is 10.8. The molecule has 7 heteroatoms. The summed E-state index contributed by atoms with van der Waals surface area (Å²) in [5.41, 5.74) is 4.08. The number of ether oxygens (including phenoxy) is 2. The second-order valence-electron chi connectivity index (χ2n) is 9.88. The summed E-state index contributed by atoms with van der Waals surface area (Å²) in [6.45, 7) is 9.76. The Morgan fingerprint density at radius 3 is 2.33 bits per heavy atom. The molecule has 39 heavy (non-hydrogen) atoms. The van der Waals surface area contributed by atoms with Crippen molar-refractivity contribution in [3.8, 4) is 5.75 Å². The highest BCUT2D eigenvalue weighted by atomic mass is 16.5. The van der Waals surface area contributed by atoms with E-state index in [1.54, 1.807) is 56.3 Å².